The lowest BCUT2D eigenvalue weighted by Crippen LogP contribution is -2.32. The lowest BCUT2D eigenvalue weighted by Gasteiger charge is -2.26. The van der Waals surface area contributed by atoms with Gasteiger partial charge in [-0.05, 0) is 69.6 Å². The van der Waals surface area contributed by atoms with Crippen molar-refractivity contribution in [1.82, 2.24) is 20.0 Å². The van der Waals surface area contributed by atoms with Gasteiger partial charge in [-0.15, -0.1) is 0 Å². The number of pyridine rings is 1. The molecular formula is C26H36N6O5. The van der Waals surface area contributed by atoms with E-state index < -0.39 is 11.4 Å². The van der Waals surface area contributed by atoms with Crippen LogP contribution in [0.1, 0.15) is 49.7 Å². The van der Waals surface area contributed by atoms with E-state index in [1.54, 1.807) is 32.5 Å². The van der Waals surface area contributed by atoms with Crippen molar-refractivity contribution in [2.24, 2.45) is 28.8 Å². The zero-order valence-electron chi connectivity index (χ0n) is 21.8. The van der Waals surface area contributed by atoms with Crippen molar-refractivity contribution in [3.8, 4) is 11.8 Å². The Morgan fingerprint density at radius 1 is 1.27 bits per heavy atom. The first-order valence-corrected chi connectivity index (χ1v) is 12.4. The van der Waals surface area contributed by atoms with E-state index in [2.05, 4.69) is 15.0 Å². The van der Waals surface area contributed by atoms with E-state index in [9.17, 15) is 9.90 Å². The molecule has 0 aliphatic heterocycles. The zero-order valence-corrected chi connectivity index (χ0v) is 21.8. The molecule has 37 heavy (non-hydrogen) atoms. The van der Waals surface area contributed by atoms with Crippen LogP contribution in [-0.4, -0.2) is 57.9 Å². The van der Waals surface area contributed by atoms with Crippen LogP contribution in [0.4, 0.5) is 0 Å². The van der Waals surface area contributed by atoms with Crippen LogP contribution in [0.5, 0.6) is 11.8 Å². The number of methoxy groups -OCH3 is 1. The number of aromatic nitrogens is 3. The SMILES string of the molecule is COCc1ccnc(OC/C(=C(/N)c2ccc(OC3CC4CCC(C)(C(=O)O)C4C3)c(C)n2)N(C)N)n1. The predicted octanol–water partition coefficient (Wildman–Crippen LogP) is 2.50. The zero-order chi connectivity index (χ0) is 26.7. The molecule has 0 aromatic carbocycles. The summed E-state index contributed by atoms with van der Waals surface area (Å²) in [5.74, 6) is 6.53. The Hall–Kier alpha value is -3.44. The molecule has 5 N–H and O–H groups in total. The molecule has 0 radical (unpaired) electrons. The van der Waals surface area contributed by atoms with Crippen LogP contribution >= 0.6 is 0 Å². The summed E-state index contributed by atoms with van der Waals surface area (Å²) in [4.78, 5) is 24.9. The summed E-state index contributed by atoms with van der Waals surface area (Å²) in [5.41, 5.74) is 8.57. The Morgan fingerprint density at radius 3 is 2.73 bits per heavy atom. The Morgan fingerprint density at radius 2 is 2.05 bits per heavy atom. The van der Waals surface area contributed by atoms with Gasteiger partial charge in [0.2, 0.25) is 0 Å². The fourth-order valence-electron chi connectivity index (χ4n) is 5.53. The number of carboxylic acid groups (broad SMARTS) is 1. The Kier molecular flexibility index (Phi) is 7.84. The summed E-state index contributed by atoms with van der Waals surface area (Å²) in [7, 11) is 3.26. The summed E-state index contributed by atoms with van der Waals surface area (Å²) < 4.78 is 17.1. The second-order valence-electron chi connectivity index (χ2n) is 10.1. The molecule has 2 saturated carbocycles. The van der Waals surface area contributed by atoms with Gasteiger partial charge in [-0.25, -0.2) is 15.8 Å². The standard InChI is InChI=1S/C26H36N6O5/c1-15-22(37-18-11-16-7-9-26(2,24(33)34)19(16)12-18)6-5-20(30-15)23(27)21(32(3)28)14-36-25-29-10-8-17(31-25)13-35-4/h5-6,8,10,16,18-19H,7,9,11-14,27-28H2,1-4H3,(H,33,34)/b23-21-. The number of hydrazine groups is 1. The van der Waals surface area contributed by atoms with Crippen molar-refractivity contribution in [3.63, 3.8) is 0 Å². The van der Waals surface area contributed by atoms with Crippen LogP contribution in [-0.2, 0) is 16.1 Å². The van der Waals surface area contributed by atoms with E-state index in [1.807, 2.05) is 19.9 Å². The minimum absolute atomic E-state index is 0.0266. The highest BCUT2D eigenvalue weighted by Gasteiger charge is 2.54. The van der Waals surface area contributed by atoms with Gasteiger partial charge in [0.1, 0.15) is 12.4 Å². The molecule has 11 nitrogen and oxygen atoms in total. The molecule has 2 aromatic rings. The molecule has 4 unspecified atom stereocenters. The summed E-state index contributed by atoms with van der Waals surface area (Å²) >= 11 is 0. The van der Waals surface area contributed by atoms with Gasteiger partial charge in [-0.1, -0.05) is 0 Å². The molecule has 11 heteroatoms. The number of carboxylic acids is 1. The van der Waals surface area contributed by atoms with Crippen molar-refractivity contribution in [1.29, 1.82) is 0 Å². The summed E-state index contributed by atoms with van der Waals surface area (Å²) in [6, 6.07) is 5.57. The van der Waals surface area contributed by atoms with E-state index in [0.717, 1.165) is 25.7 Å². The Balaban J connectivity index is 1.45. The second kappa shape index (κ2) is 10.9. The van der Waals surface area contributed by atoms with Gasteiger partial charge >= 0.3 is 12.0 Å². The summed E-state index contributed by atoms with van der Waals surface area (Å²) in [6.07, 6.45) is 4.84. The first-order chi connectivity index (χ1) is 17.6. The molecule has 0 bridgehead atoms. The van der Waals surface area contributed by atoms with Crippen LogP contribution in [0.25, 0.3) is 5.70 Å². The number of hydrogen-bond acceptors (Lipinski definition) is 10. The predicted molar refractivity (Wildman–Crippen MR) is 136 cm³/mol. The second-order valence-corrected chi connectivity index (χ2v) is 10.1. The van der Waals surface area contributed by atoms with Crippen LogP contribution in [0.2, 0.25) is 0 Å². The number of fused-ring (bicyclic) bond motifs is 1. The molecule has 4 atom stereocenters. The molecular weight excluding hydrogens is 476 g/mol. The number of likely N-dealkylation sites (N-methyl/N-ethyl adjacent to an activating group) is 1. The number of hydrogen-bond donors (Lipinski definition) is 3. The van der Waals surface area contributed by atoms with Gasteiger partial charge in [0.05, 0.1) is 46.6 Å². The highest BCUT2D eigenvalue weighted by molar-refractivity contribution is 5.75. The molecule has 2 heterocycles. The number of carbonyl (C=O) groups is 1. The lowest BCUT2D eigenvalue weighted by molar-refractivity contribution is -0.150. The van der Waals surface area contributed by atoms with Crippen LogP contribution < -0.4 is 21.1 Å². The monoisotopic (exact) mass is 512 g/mol. The average Bonchev–Trinajstić information content (AvgIpc) is 3.40. The maximum absolute atomic E-state index is 11.9. The lowest BCUT2D eigenvalue weighted by atomic mass is 9.78. The maximum atomic E-state index is 11.9. The van der Waals surface area contributed by atoms with Gasteiger partial charge in [-0.3, -0.25) is 4.79 Å². The molecule has 4 rings (SSSR count). The van der Waals surface area contributed by atoms with Crippen LogP contribution in [0, 0.1) is 24.2 Å². The largest absolute Gasteiger partial charge is 0.489 e. The van der Waals surface area contributed by atoms with Gasteiger partial charge in [-0.2, -0.15) is 4.98 Å². The number of rotatable bonds is 10. The minimum atomic E-state index is -0.705. The third-order valence-electron chi connectivity index (χ3n) is 7.66. The normalized spacial score (nSPS) is 25.4. The van der Waals surface area contributed by atoms with Crippen molar-refractivity contribution < 1.29 is 24.1 Å². The maximum Gasteiger partial charge on any atom is 0.317 e. The molecule has 2 aliphatic rings. The molecule has 200 valence electrons. The van der Waals surface area contributed by atoms with Crippen molar-refractivity contribution >= 4 is 11.7 Å². The van der Waals surface area contributed by atoms with Crippen molar-refractivity contribution in [3.05, 3.63) is 47.2 Å². The summed E-state index contributed by atoms with van der Waals surface area (Å²) in [6.45, 7) is 4.12. The Bertz CT molecular complexity index is 1170. The molecule has 2 fully saturated rings. The number of aliphatic carboxylic acids is 1. The van der Waals surface area contributed by atoms with Crippen LogP contribution in [0.15, 0.2) is 30.1 Å². The molecule has 2 aromatic heterocycles. The fraction of sp³-hybridized carbons (Fsp3) is 0.538. The average molecular weight is 513 g/mol. The van der Waals surface area contributed by atoms with E-state index in [-0.39, 0.29) is 24.6 Å². The third kappa shape index (κ3) is 5.62. The third-order valence-corrected chi connectivity index (χ3v) is 7.66. The highest BCUT2D eigenvalue weighted by atomic mass is 16.5. The first kappa shape index (κ1) is 26.6. The van der Waals surface area contributed by atoms with Gasteiger partial charge in [0.25, 0.3) is 0 Å². The molecule has 0 spiro atoms. The number of nitrogens with two attached hydrogens (primary N) is 2. The smallest absolute Gasteiger partial charge is 0.317 e. The van der Waals surface area contributed by atoms with Gasteiger partial charge < -0.3 is 30.1 Å². The quantitative estimate of drug-likeness (QED) is 0.317. The molecule has 0 amide bonds. The van der Waals surface area contributed by atoms with E-state index in [1.165, 1.54) is 5.01 Å². The van der Waals surface area contributed by atoms with Gasteiger partial charge in [0, 0.05) is 20.4 Å². The number of ether oxygens (including phenoxy) is 3. The van der Waals surface area contributed by atoms with E-state index >= 15 is 0 Å². The summed E-state index contributed by atoms with van der Waals surface area (Å²) in [5, 5.41) is 11.1. The van der Waals surface area contributed by atoms with Gasteiger partial charge in [0.15, 0.2) is 0 Å². The fourth-order valence-corrected chi connectivity index (χ4v) is 5.53. The first-order valence-electron chi connectivity index (χ1n) is 12.4. The number of nitrogens with zero attached hydrogens (tertiary/aromatic N) is 4. The topological polar surface area (TPSA) is 159 Å². The minimum Gasteiger partial charge on any atom is -0.489 e. The number of aryl methyl sites for hydroxylation is 1. The highest BCUT2D eigenvalue weighted by Crippen LogP contribution is 2.55. The molecule has 0 saturated heterocycles. The van der Waals surface area contributed by atoms with Crippen LogP contribution in [0.3, 0.4) is 0 Å². The Labute approximate surface area is 216 Å². The molecule has 2 aliphatic carbocycles. The van der Waals surface area contributed by atoms with Crippen molar-refractivity contribution in [2.75, 3.05) is 20.8 Å². The van der Waals surface area contributed by atoms with E-state index in [4.69, 9.17) is 25.8 Å². The van der Waals surface area contributed by atoms with Crippen molar-refractivity contribution in [2.45, 2.75) is 52.2 Å². The van der Waals surface area contributed by atoms with E-state index in [0.29, 0.717) is 46.8 Å².